The van der Waals surface area contributed by atoms with E-state index in [-0.39, 0.29) is 36.3 Å². The summed E-state index contributed by atoms with van der Waals surface area (Å²) in [6, 6.07) is 5.08. The molecule has 0 saturated heterocycles. The van der Waals surface area contributed by atoms with Crippen molar-refractivity contribution in [2.24, 2.45) is 5.10 Å². The summed E-state index contributed by atoms with van der Waals surface area (Å²) in [7, 11) is 0. The van der Waals surface area contributed by atoms with Crippen LogP contribution in [0.5, 0.6) is 0 Å². The number of nitrogen functional groups attached to an aromatic ring is 1. The third-order valence-corrected chi connectivity index (χ3v) is 2.21. The molecule has 0 aliphatic heterocycles. The van der Waals surface area contributed by atoms with Gasteiger partial charge < -0.3 is 5.84 Å². The third kappa shape index (κ3) is 4.80. The molecule has 0 radical (unpaired) electrons. The molecule has 6 nitrogen and oxygen atoms in total. The van der Waals surface area contributed by atoms with Gasteiger partial charge in [0.05, 0.1) is 11.8 Å². The maximum absolute atomic E-state index is 12.7. The Morgan fingerprint density at radius 3 is 2.48 bits per heavy atom. The second-order valence-electron chi connectivity index (χ2n) is 3.52. The molecule has 0 amide bonds. The molecule has 1 aromatic heterocycles. The van der Waals surface area contributed by atoms with E-state index in [9.17, 15) is 13.2 Å². The van der Waals surface area contributed by atoms with Crippen LogP contribution in [0.15, 0.2) is 35.7 Å². The van der Waals surface area contributed by atoms with Crippen LogP contribution in [0.1, 0.15) is 11.1 Å². The Morgan fingerprint density at radius 1 is 1.24 bits per heavy atom. The maximum Gasteiger partial charge on any atom is 0.417 e. The molecule has 2 rings (SSSR count). The van der Waals surface area contributed by atoms with Gasteiger partial charge in [0, 0.05) is 5.56 Å². The van der Waals surface area contributed by atoms with Gasteiger partial charge in [-0.1, -0.05) is 18.2 Å². The van der Waals surface area contributed by atoms with Crippen molar-refractivity contribution < 1.29 is 13.2 Å². The van der Waals surface area contributed by atoms with Gasteiger partial charge in [-0.3, -0.25) is 0 Å². The van der Waals surface area contributed by atoms with Gasteiger partial charge >= 0.3 is 6.18 Å². The Kier molecular flexibility index (Phi) is 6.96. The maximum atomic E-state index is 12.7. The normalized spacial score (nSPS) is 10.8. The number of nitrogens with one attached hydrogen (secondary N) is 1. The number of nitrogens with two attached hydrogens (primary N) is 1. The molecule has 21 heavy (non-hydrogen) atoms. The first-order valence-corrected chi connectivity index (χ1v) is 5.09. The SMILES string of the molecule is Cl.Cl.Nn1cnnc1N/N=C/c1ccccc1C(F)(F)F. The third-order valence-electron chi connectivity index (χ3n) is 2.21. The molecular formula is C10H11Cl2F3N6. The lowest BCUT2D eigenvalue weighted by atomic mass is 10.1. The number of hydrogen-bond donors (Lipinski definition) is 2. The fourth-order valence-corrected chi connectivity index (χ4v) is 1.35. The van der Waals surface area contributed by atoms with Crippen LogP contribution in [0.3, 0.4) is 0 Å². The van der Waals surface area contributed by atoms with E-state index in [1.54, 1.807) is 0 Å². The number of nitrogens with zero attached hydrogens (tertiary/aromatic N) is 4. The van der Waals surface area contributed by atoms with Crippen LogP contribution in [-0.2, 0) is 6.18 Å². The van der Waals surface area contributed by atoms with Crippen LogP contribution in [0, 0.1) is 0 Å². The number of hydrogen-bond acceptors (Lipinski definition) is 5. The zero-order valence-corrected chi connectivity index (χ0v) is 11.9. The quantitative estimate of drug-likeness (QED) is 0.509. The van der Waals surface area contributed by atoms with E-state index < -0.39 is 11.7 Å². The minimum atomic E-state index is -4.43. The standard InChI is InChI=1S/C10H9F3N6.2ClH/c11-10(12,13)8-4-2-1-3-7(8)5-15-17-9-18-16-6-19(9)14;;/h1-6H,14H2,(H,17,18);2*1H/b15-5+;;. The Balaban J connectivity index is 0.00000200. The zero-order valence-electron chi connectivity index (χ0n) is 10.3. The average Bonchev–Trinajstić information content (AvgIpc) is 2.75. The molecule has 3 N–H and O–H groups in total. The van der Waals surface area contributed by atoms with Gasteiger partial charge in [0.1, 0.15) is 6.33 Å². The Morgan fingerprint density at radius 2 is 1.90 bits per heavy atom. The average molecular weight is 343 g/mol. The Hall–Kier alpha value is -2.00. The van der Waals surface area contributed by atoms with Gasteiger partial charge in [0.25, 0.3) is 5.95 Å². The summed E-state index contributed by atoms with van der Waals surface area (Å²) in [6.07, 6.45) is -2.17. The lowest BCUT2D eigenvalue weighted by Crippen LogP contribution is -2.11. The topological polar surface area (TPSA) is 81.1 Å². The minimum absolute atomic E-state index is 0. The predicted molar refractivity (Wildman–Crippen MR) is 77.3 cm³/mol. The lowest BCUT2D eigenvalue weighted by molar-refractivity contribution is -0.137. The van der Waals surface area contributed by atoms with Gasteiger partial charge in [-0.15, -0.1) is 35.0 Å². The first-order valence-electron chi connectivity index (χ1n) is 5.09. The molecule has 0 saturated carbocycles. The number of rotatable bonds is 3. The molecule has 0 atom stereocenters. The van der Waals surface area contributed by atoms with Gasteiger partial charge in [0.2, 0.25) is 0 Å². The molecule has 0 spiro atoms. The molecule has 0 bridgehead atoms. The van der Waals surface area contributed by atoms with Gasteiger partial charge in [0.15, 0.2) is 0 Å². The lowest BCUT2D eigenvalue weighted by Gasteiger charge is -2.09. The first-order chi connectivity index (χ1) is 8.98. The fraction of sp³-hybridized carbons (Fsp3) is 0.100. The first kappa shape index (κ1) is 19.0. The van der Waals surface area contributed by atoms with E-state index in [2.05, 4.69) is 20.7 Å². The van der Waals surface area contributed by atoms with Crippen molar-refractivity contribution in [2.45, 2.75) is 6.18 Å². The Bertz CT molecular complexity index is 598. The number of hydrazone groups is 1. The smallest absolute Gasteiger partial charge is 0.335 e. The summed E-state index contributed by atoms with van der Waals surface area (Å²) in [5.41, 5.74) is 1.55. The number of benzene rings is 1. The highest BCUT2D eigenvalue weighted by atomic mass is 35.5. The summed E-state index contributed by atoms with van der Waals surface area (Å²) in [4.78, 5) is 0. The number of alkyl halides is 3. The van der Waals surface area contributed by atoms with Crippen LogP contribution in [0.25, 0.3) is 0 Å². The van der Waals surface area contributed by atoms with Crippen LogP contribution in [0.2, 0.25) is 0 Å². The highest BCUT2D eigenvalue weighted by Gasteiger charge is 2.32. The summed E-state index contributed by atoms with van der Waals surface area (Å²) >= 11 is 0. The van der Waals surface area contributed by atoms with E-state index in [1.807, 2.05) is 0 Å². The molecular weight excluding hydrogens is 332 g/mol. The summed E-state index contributed by atoms with van der Waals surface area (Å²) in [5, 5.41) is 10.7. The van der Waals surface area contributed by atoms with Gasteiger partial charge in [-0.2, -0.15) is 18.3 Å². The second kappa shape index (κ2) is 7.70. The molecule has 0 aliphatic carbocycles. The van der Waals surface area contributed by atoms with Crippen LogP contribution in [-0.4, -0.2) is 21.1 Å². The van der Waals surface area contributed by atoms with Crippen molar-refractivity contribution in [3.8, 4) is 0 Å². The van der Waals surface area contributed by atoms with E-state index in [1.165, 1.54) is 24.5 Å². The zero-order chi connectivity index (χ0) is 13.9. The fourth-order valence-electron chi connectivity index (χ4n) is 1.35. The van der Waals surface area contributed by atoms with Crippen molar-refractivity contribution in [1.82, 2.24) is 14.9 Å². The van der Waals surface area contributed by atoms with Gasteiger partial charge in [-0.25, -0.2) is 10.1 Å². The van der Waals surface area contributed by atoms with Crippen LogP contribution >= 0.6 is 24.8 Å². The highest BCUT2D eigenvalue weighted by molar-refractivity contribution is 5.85. The summed E-state index contributed by atoms with van der Waals surface area (Å²) in [6.45, 7) is 0. The predicted octanol–water partition coefficient (Wildman–Crippen LogP) is 2.30. The monoisotopic (exact) mass is 342 g/mol. The minimum Gasteiger partial charge on any atom is -0.335 e. The van der Waals surface area contributed by atoms with Crippen LogP contribution < -0.4 is 11.3 Å². The van der Waals surface area contributed by atoms with Crippen molar-refractivity contribution in [2.75, 3.05) is 11.3 Å². The highest BCUT2D eigenvalue weighted by Crippen LogP contribution is 2.31. The van der Waals surface area contributed by atoms with E-state index in [0.717, 1.165) is 17.0 Å². The molecule has 11 heteroatoms. The molecule has 2 aromatic rings. The molecule has 1 heterocycles. The summed E-state index contributed by atoms with van der Waals surface area (Å²) < 4.78 is 39.1. The van der Waals surface area contributed by atoms with E-state index in [0.29, 0.717) is 0 Å². The van der Waals surface area contributed by atoms with Crippen molar-refractivity contribution in [3.63, 3.8) is 0 Å². The van der Waals surface area contributed by atoms with Gasteiger partial charge in [-0.05, 0) is 6.07 Å². The number of anilines is 1. The molecule has 0 aliphatic rings. The van der Waals surface area contributed by atoms with Crippen molar-refractivity contribution >= 4 is 37.0 Å². The van der Waals surface area contributed by atoms with E-state index in [4.69, 9.17) is 5.84 Å². The second-order valence-corrected chi connectivity index (χ2v) is 3.52. The van der Waals surface area contributed by atoms with Crippen molar-refractivity contribution in [1.29, 1.82) is 0 Å². The molecule has 116 valence electrons. The largest absolute Gasteiger partial charge is 0.417 e. The van der Waals surface area contributed by atoms with Crippen LogP contribution in [0.4, 0.5) is 19.1 Å². The number of aromatic nitrogens is 3. The van der Waals surface area contributed by atoms with E-state index >= 15 is 0 Å². The Labute approximate surface area is 130 Å². The molecule has 0 unspecified atom stereocenters. The molecule has 0 fully saturated rings. The number of halogens is 5. The molecule has 1 aromatic carbocycles. The van der Waals surface area contributed by atoms with Crippen molar-refractivity contribution in [3.05, 3.63) is 41.7 Å². The summed E-state index contributed by atoms with van der Waals surface area (Å²) in [5.74, 6) is 5.51.